The van der Waals surface area contributed by atoms with Gasteiger partial charge in [0.25, 0.3) is 0 Å². The monoisotopic (exact) mass is 370 g/mol. The van der Waals surface area contributed by atoms with Gasteiger partial charge in [-0.15, -0.1) is 0 Å². The Bertz CT molecular complexity index is 652. The van der Waals surface area contributed by atoms with Gasteiger partial charge in [0.15, 0.2) is 0 Å². The van der Waals surface area contributed by atoms with Crippen LogP contribution < -0.4 is 0 Å². The Morgan fingerprint density at radius 3 is 2.26 bits per heavy atom. The highest BCUT2D eigenvalue weighted by molar-refractivity contribution is 5.30. The lowest BCUT2D eigenvalue weighted by atomic mass is 9.52. The van der Waals surface area contributed by atoms with Crippen LogP contribution in [-0.2, 0) is 4.74 Å². The molecule has 1 nitrogen and oxygen atoms in total. The van der Waals surface area contributed by atoms with Crippen molar-refractivity contribution < 1.29 is 4.74 Å². The maximum Gasteiger partial charge on any atom is 0.0649 e. The van der Waals surface area contributed by atoms with E-state index in [4.69, 9.17) is 4.74 Å². The van der Waals surface area contributed by atoms with E-state index in [2.05, 4.69) is 48.5 Å². The minimum atomic E-state index is 0.454. The summed E-state index contributed by atoms with van der Waals surface area (Å²) in [5.41, 5.74) is 1.70. The number of rotatable bonds is 2. The van der Waals surface area contributed by atoms with Crippen molar-refractivity contribution in [3.8, 4) is 0 Å². The van der Waals surface area contributed by atoms with Gasteiger partial charge >= 0.3 is 0 Å². The molecule has 12 unspecified atom stereocenters. The van der Waals surface area contributed by atoms with Crippen molar-refractivity contribution in [1.29, 1.82) is 0 Å². The van der Waals surface area contributed by atoms with Crippen molar-refractivity contribution in [3.63, 3.8) is 0 Å². The first-order chi connectivity index (χ1) is 12.5. The van der Waals surface area contributed by atoms with Crippen molar-refractivity contribution in [2.45, 2.75) is 92.8 Å². The van der Waals surface area contributed by atoms with Crippen LogP contribution in [0.3, 0.4) is 0 Å². The van der Waals surface area contributed by atoms with Gasteiger partial charge in [-0.1, -0.05) is 41.5 Å². The fourth-order valence-electron chi connectivity index (χ4n) is 10.5. The highest BCUT2D eigenvalue weighted by Crippen LogP contribution is 2.84. The summed E-state index contributed by atoms with van der Waals surface area (Å²) in [5, 5.41) is 0. The zero-order valence-electron chi connectivity index (χ0n) is 18.8. The first-order valence-corrected chi connectivity index (χ1v) is 12.2. The van der Waals surface area contributed by atoms with Crippen LogP contribution in [0.25, 0.3) is 0 Å². The normalized spacial score (nSPS) is 60.3. The number of hydrogen-bond acceptors (Lipinski definition) is 1. The Kier molecular flexibility index (Phi) is 3.28. The molecule has 0 aromatic carbocycles. The highest BCUT2D eigenvalue weighted by atomic mass is 16.5. The molecule has 0 aromatic rings. The molecule has 1 heterocycles. The molecule has 0 aromatic heterocycles. The van der Waals surface area contributed by atoms with Gasteiger partial charge in [0.2, 0.25) is 0 Å². The summed E-state index contributed by atoms with van der Waals surface area (Å²) in [6.45, 7) is 17.5. The maximum atomic E-state index is 6.56. The zero-order valence-corrected chi connectivity index (χ0v) is 18.8. The van der Waals surface area contributed by atoms with E-state index in [1.807, 2.05) is 0 Å². The van der Waals surface area contributed by atoms with Crippen LogP contribution in [0, 0.1) is 69.5 Å². The molecule has 12 atom stereocenters. The van der Waals surface area contributed by atoms with Gasteiger partial charge in [-0.2, -0.15) is 0 Å². The molecule has 6 fully saturated rings. The molecule has 0 N–H and O–H groups in total. The Balaban J connectivity index is 1.24. The second kappa shape index (κ2) is 4.98. The van der Waals surface area contributed by atoms with E-state index in [1.54, 1.807) is 6.42 Å². The number of ether oxygens (including phenoxy) is 1. The minimum Gasteiger partial charge on any atom is -0.374 e. The Hall–Kier alpha value is -0.0400. The fourth-order valence-corrected chi connectivity index (χ4v) is 10.5. The summed E-state index contributed by atoms with van der Waals surface area (Å²) in [4.78, 5) is 0. The van der Waals surface area contributed by atoms with E-state index < -0.39 is 0 Å². The molecule has 0 radical (unpaired) electrons. The molecule has 2 bridgehead atoms. The van der Waals surface area contributed by atoms with Crippen molar-refractivity contribution >= 4 is 0 Å². The van der Waals surface area contributed by atoms with Gasteiger partial charge in [-0.05, 0) is 109 Å². The second-order valence-electron chi connectivity index (χ2n) is 14.0. The molecule has 1 aliphatic heterocycles. The van der Waals surface area contributed by atoms with Crippen LogP contribution in [0.5, 0.6) is 0 Å². The molecule has 5 saturated carbocycles. The van der Waals surface area contributed by atoms with Crippen molar-refractivity contribution in [2.24, 2.45) is 69.5 Å². The largest absolute Gasteiger partial charge is 0.374 e. The van der Waals surface area contributed by atoms with Crippen LogP contribution >= 0.6 is 0 Å². The smallest absolute Gasteiger partial charge is 0.0649 e. The lowest BCUT2D eigenvalue weighted by molar-refractivity contribution is -0.125. The lowest BCUT2D eigenvalue weighted by Gasteiger charge is -2.53. The Labute approximate surface area is 167 Å². The van der Waals surface area contributed by atoms with Crippen LogP contribution in [0.4, 0.5) is 0 Å². The maximum absolute atomic E-state index is 6.56. The summed E-state index contributed by atoms with van der Waals surface area (Å²) >= 11 is 0. The van der Waals surface area contributed by atoms with E-state index in [0.29, 0.717) is 23.0 Å². The standard InChI is InChI=1S/C26H42O/c1-13-17-11-16-12-26(16)19(23(27-13)22(17)26)10-14-8-15-9-18(14)21(25(5,6)7)20(15)24(2,3)4/h13-23H,8-12H2,1-7H3. The van der Waals surface area contributed by atoms with Gasteiger partial charge in [0.05, 0.1) is 12.2 Å². The molecule has 27 heavy (non-hydrogen) atoms. The fraction of sp³-hybridized carbons (Fsp3) is 1.00. The van der Waals surface area contributed by atoms with Gasteiger partial charge in [-0.25, -0.2) is 0 Å². The molecule has 152 valence electrons. The van der Waals surface area contributed by atoms with Crippen LogP contribution in [0.2, 0.25) is 0 Å². The number of fused-ring (bicyclic) bond motifs is 2. The molecular weight excluding hydrogens is 328 g/mol. The van der Waals surface area contributed by atoms with E-state index in [9.17, 15) is 0 Å². The quantitative estimate of drug-likeness (QED) is 0.545. The van der Waals surface area contributed by atoms with E-state index in [0.717, 1.165) is 58.7 Å². The summed E-state index contributed by atoms with van der Waals surface area (Å²) in [5.74, 6) is 8.76. The van der Waals surface area contributed by atoms with Gasteiger partial charge in [0, 0.05) is 0 Å². The van der Waals surface area contributed by atoms with Crippen LogP contribution in [0.15, 0.2) is 0 Å². The number of hydrogen-bond donors (Lipinski definition) is 0. The summed E-state index contributed by atoms with van der Waals surface area (Å²) in [6, 6.07) is 0. The first-order valence-electron chi connectivity index (χ1n) is 12.2. The van der Waals surface area contributed by atoms with Gasteiger partial charge < -0.3 is 4.74 Å². The lowest BCUT2D eigenvalue weighted by Crippen LogP contribution is -2.53. The molecule has 1 saturated heterocycles. The predicted molar refractivity (Wildman–Crippen MR) is 110 cm³/mol. The summed E-state index contributed by atoms with van der Waals surface area (Å²) in [7, 11) is 0. The van der Waals surface area contributed by atoms with Crippen LogP contribution in [-0.4, -0.2) is 12.2 Å². The zero-order chi connectivity index (χ0) is 19.1. The van der Waals surface area contributed by atoms with E-state index >= 15 is 0 Å². The third kappa shape index (κ3) is 2.06. The molecular formula is C26H42O. The van der Waals surface area contributed by atoms with Crippen LogP contribution in [0.1, 0.15) is 80.6 Å². The average Bonchev–Trinajstić information content (AvgIpc) is 2.90. The highest BCUT2D eigenvalue weighted by Gasteiger charge is 2.82. The van der Waals surface area contributed by atoms with E-state index in [1.165, 1.54) is 25.7 Å². The molecule has 6 aliphatic rings. The Morgan fingerprint density at radius 1 is 0.889 bits per heavy atom. The third-order valence-corrected chi connectivity index (χ3v) is 11.0. The van der Waals surface area contributed by atoms with Gasteiger partial charge in [-0.3, -0.25) is 0 Å². The molecule has 1 spiro atoms. The first kappa shape index (κ1) is 17.8. The average molecular weight is 371 g/mol. The molecule has 6 rings (SSSR count). The summed E-state index contributed by atoms with van der Waals surface area (Å²) < 4.78 is 6.56. The SMILES string of the molecule is CC1OC2C(CC3CC4CC3C(C(C)(C)C)C4C(C)(C)C)C34CC3CC1C24. The van der Waals surface area contributed by atoms with Crippen molar-refractivity contribution in [2.75, 3.05) is 0 Å². The van der Waals surface area contributed by atoms with Gasteiger partial charge in [0.1, 0.15) is 0 Å². The molecule has 5 aliphatic carbocycles. The minimum absolute atomic E-state index is 0.454. The third-order valence-electron chi connectivity index (χ3n) is 11.0. The predicted octanol–water partition coefficient (Wildman–Crippen LogP) is 6.42. The van der Waals surface area contributed by atoms with Crippen molar-refractivity contribution in [1.82, 2.24) is 0 Å². The topological polar surface area (TPSA) is 9.23 Å². The second-order valence-corrected chi connectivity index (χ2v) is 14.0. The van der Waals surface area contributed by atoms with E-state index in [-0.39, 0.29) is 0 Å². The molecule has 1 heteroatoms. The molecule has 0 amide bonds. The summed E-state index contributed by atoms with van der Waals surface area (Å²) in [6.07, 6.45) is 8.87. The van der Waals surface area contributed by atoms with Crippen molar-refractivity contribution in [3.05, 3.63) is 0 Å². The Morgan fingerprint density at radius 2 is 1.59 bits per heavy atom.